The van der Waals surface area contributed by atoms with Crippen LogP contribution in [0.5, 0.6) is 5.75 Å². The Hall–Kier alpha value is -2.82. The maximum Gasteiger partial charge on any atom is 0.147 e. The lowest BCUT2D eigenvalue weighted by Crippen LogP contribution is -2.13. The van der Waals surface area contributed by atoms with Gasteiger partial charge in [-0.05, 0) is 42.0 Å². The van der Waals surface area contributed by atoms with E-state index in [1.807, 2.05) is 24.3 Å². The van der Waals surface area contributed by atoms with Crippen LogP contribution in [0, 0.1) is 5.82 Å². The molecule has 4 rings (SSSR count). The number of benzene rings is 3. The van der Waals surface area contributed by atoms with E-state index >= 15 is 0 Å². The van der Waals surface area contributed by atoms with Gasteiger partial charge in [-0.15, -0.1) is 0 Å². The molecule has 0 radical (unpaired) electrons. The van der Waals surface area contributed by atoms with Crippen LogP contribution < -0.4 is 5.32 Å². The number of aromatic hydroxyl groups is 1. The van der Waals surface area contributed by atoms with Gasteiger partial charge in [0, 0.05) is 22.2 Å². The maximum atomic E-state index is 13.5. The zero-order valence-corrected chi connectivity index (χ0v) is 16.0. The molecular weight excluding hydrogens is 398 g/mol. The Labute approximate surface area is 171 Å². The number of hydrogen-bond acceptors (Lipinski definition) is 3. The molecule has 0 aliphatic carbocycles. The van der Waals surface area contributed by atoms with Gasteiger partial charge in [0.25, 0.3) is 0 Å². The number of phenols is 1. The number of fused-ring (bicyclic) bond motifs is 1. The maximum absolute atomic E-state index is 13.5. The molecule has 0 spiro atoms. The second-order valence-electron chi connectivity index (χ2n) is 6.33. The van der Waals surface area contributed by atoms with Gasteiger partial charge in [-0.25, -0.2) is 4.39 Å². The Balaban J connectivity index is 1.85. The number of nitrogens with one attached hydrogen (secondary N) is 1. The molecule has 1 heterocycles. The molecule has 4 aromatic rings. The smallest absolute Gasteiger partial charge is 0.147 e. The van der Waals surface area contributed by atoms with Gasteiger partial charge in [-0.1, -0.05) is 53.5 Å². The minimum atomic E-state index is -0.481. The SMILES string of the molecule is Oc1c(C(Nc2ccc(Cl)cc2Cl)c2ccc(F)cc2)ccc2cccnc12. The van der Waals surface area contributed by atoms with Crippen LogP contribution in [0.15, 0.2) is 72.9 Å². The Morgan fingerprint density at radius 2 is 1.75 bits per heavy atom. The van der Waals surface area contributed by atoms with E-state index in [-0.39, 0.29) is 11.6 Å². The van der Waals surface area contributed by atoms with Crippen LogP contribution in [0.25, 0.3) is 10.9 Å². The lowest BCUT2D eigenvalue weighted by atomic mass is 9.96. The molecule has 28 heavy (non-hydrogen) atoms. The van der Waals surface area contributed by atoms with E-state index in [9.17, 15) is 9.50 Å². The molecule has 6 heteroatoms. The van der Waals surface area contributed by atoms with Crippen LogP contribution in [0.3, 0.4) is 0 Å². The van der Waals surface area contributed by atoms with Gasteiger partial charge in [0.1, 0.15) is 17.1 Å². The monoisotopic (exact) mass is 412 g/mol. The van der Waals surface area contributed by atoms with Crippen molar-refractivity contribution in [1.82, 2.24) is 4.98 Å². The first-order valence-electron chi connectivity index (χ1n) is 8.56. The van der Waals surface area contributed by atoms with Crippen molar-refractivity contribution in [3.8, 4) is 5.75 Å². The lowest BCUT2D eigenvalue weighted by molar-refractivity contribution is 0.471. The summed E-state index contributed by atoms with van der Waals surface area (Å²) in [6, 6.07) is 18.1. The fourth-order valence-electron chi connectivity index (χ4n) is 3.14. The van der Waals surface area contributed by atoms with Crippen molar-refractivity contribution in [1.29, 1.82) is 0 Å². The number of pyridine rings is 1. The fourth-order valence-corrected chi connectivity index (χ4v) is 3.60. The van der Waals surface area contributed by atoms with Crippen LogP contribution in [0.1, 0.15) is 17.2 Å². The average molecular weight is 413 g/mol. The van der Waals surface area contributed by atoms with E-state index in [4.69, 9.17) is 23.2 Å². The molecule has 3 aromatic carbocycles. The molecule has 0 bridgehead atoms. The highest BCUT2D eigenvalue weighted by molar-refractivity contribution is 6.36. The van der Waals surface area contributed by atoms with E-state index in [1.165, 1.54) is 12.1 Å². The van der Waals surface area contributed by atoms with Crippen molar-refractivity contribution >= 4 is 39.8 Å². The van der Waals surface area contributed by atoms with Crippen molar-refractivity contribution in [3.63, 3.8) is 0 Å². The molecule has 2 N–H and O–H groups in total. The van der Waals surface area contributed by atoms with Gasteiger partial charge in [0.2, 0.25) is 0 Å². The number of nitrogens with zero attached hydrogens (tertiary/aromatic N) is 1. The number of rotatable bonds is 4. The third-order valence-corrected chi connectivity index (χ3v) is 5.07. The van der Waals surface area contributed by atoms with E-state index in [2.05, 4.69) is 10.3 Å². The topological polar surface area (TPSA) is 45.1 Å². The summed E-state index contributed by atoms with van der Waals surface area (Å²) in [6.45, 7) is 0. The number of phenolic OH excluding ortho intramolecular Hbond substituents is 1. The van der Waals surface area contributed by atoms with Crippen LogP contribution in [-0.4, -0.2) is 10.1 Å². The normalized spacial score (nSPS) is 12.1. The van der Waals surface area contributed by atoms with E-state index in [0.717, 1.165) is 10.9 Å². The first kappa shape index (κ1) is 18.5. The highest BCUT2D eigenvalue weighted by Gasteiger charge is 2.21. The van der Waals surface area contributed by atoms with Gasteiger partial charge in [0.05, 0.1) is 16.8 Å². The van der Waals surface area contributed by atoms with Gasteiger partial charge < -0.3 is 10.4 Å². The molecule has 1 atom stereocenters. The largest absolute Gasteiger partial charge is 0.505 e. The van der Waals surface area contributed by atoms with Crippen molar-refractivity contribution < 1.29 is 9.50 Å². The Bertz CT molecular complexity index is 1150. The fraction of sp³-hybridized carbons (Fsp3) is 0.0455. The molecule has 140 valence electrons. The summed E-state index contributed by atoms with van der Waals surface area (Å²) >= 11 is 12.3. The molecule has 0 fully saturated rings. The molecule has 0 saturated carbocycles. The zero-order chi connectivity index (χ0) is 19.7. The number of hydrogen-bond donors (Lipinski definition) is 2. The molecule has 3 nitrogen and oxygen atoms in total. The molecule has 0 aliphatic rings. The molecule has 0 amide bonds. The first-order valence-corrected chi connectivity index (χ1v) is 9.32. The highest BCUT2D eigenvalue weighted by atomic mass is 35.5. The van der Waals surface area contributed by atoms with Gasteiger partial charge in [0.15, 0.2) is 0 Å². The summed E-state index contributed by atoms with van der Waals surface area (Å²) in [5.74, 6) is -0.276. The second-order valence-corrected chi connectivity index (χ2v) is 7.18. The first-order chi connectivity index (χ1) is 13.5. The minimum Gasteiger partial charge on any atom is -0.505 e. The summed E-state index contributed by atoms with van der Waals surface area (Å²) in [5.41, 5.74) is 2.50. The predicted molar refractivity (Wildman–Crippen MR) is 112 cm³/mol. The third kappa shape index (κ3) is 3.61. The van der Waals surface area contributed by atoms with Crippen LogP contribution in [-0.2, 0) is 0 Å². The number of halogens is 3. The number of anilines is 1. The van der Waals surface area contributed by atoms with Gasteiger partial charge in [-0.2, -0.15) is 0 Å². The predicted octanol–water partition coefficient (Wildman–Crippen LogP) is 6.59. The lowest BCUT2D eigenvalue weighted by Gasteiger charge is -2.23. The number of aromatic nitrogens is 1. The Morgan fingerprint density at radius 1 is 0.964 bits per heavy atom. The minimum absolute atomic E-state index is 0.0602. The van der Waals surface area contributed by atoms with Crippen molar-refractivity contribution in [2.45, 2.75) is 6.04 Å². The molecular formula is C22H15Cl2FN2O. The van der Waals surface area contributed by atoms with Crippen molar-refractivity contribution in [2.24, 2.45) is 0 Å². The van der Waals surface area contributed by atoms with Gasteiger partial charge >= 0.3 is 0 Å². The summed E-state index contributed by atoms with van der Waals surface area (Å²) in [5, 5.41) is 16.0. The van der Waals surface area contributed by atoms with Crippen LogP contribution in [0.2, 0.25) is 10.0 Å². The Morgan fingerprint density at radius 3 is 2.50 bits per heavy atom. The van der Waals surface area contributed by atoms with E-state index in [1.54, 1.807) is 36.5 Å². The summed E-state index contributed by atoms with van der Waals surface area (Å²) in [4.78, 5) is 4.29. The highest BCUT2D eigenvalue weighted by Crippen LogP contribution is 2.38. The second kappa shape index (κ2) is 7.66. The van der Waals surface area contributed by atoms with E-state index < -0.39 is 6.04 Å². The molecule has 0 saturated heterocycles. The van der Waals surface area contributed by atoms with Crippen LogP contribution in [0.4, 0.5) is 10.1 Å². The quantitative estimate of drug-likeness (QED) is 0.397. The van der Waals surface area contributed by atoms with Crippen LogP contribution >= 0.6 is 23.2 Å². The zero-order valence-electron chi connectivity index (χ0n) is 14.5. The average Bonchev–Trinajstić information content (AvgIpc) is 2.69. The summed E-state index contributed by atoms with van der Waals surface area (Å²) < 4.78 is 13.5. The Kier molecular flexibility index (Phi) is 5.07. The van der Waals surface area contributed by atoms with E-state index in [0.29, 0.717) is 26.8 Å². The van der Waals surface area contributed by atoms with Crippen molar-refractivity contribution in [2.75, 3.05) is 5.32 Å². The third-order valence-electron chi connectivity index (χ3n) is 4.52. The summed E-state index contributed by atoms with van der Waals surface area (Å²) in [7, 11) is 0. The standard InChI is InChI=1S/C22H15Cl2FN2O/c23-15-6-10-19(18(24)12-15)27-20(14-3-7-16(25)8-4-14)17-9-5-13-2-1-11-26-21(13)22(17)28/h1-12,20,27-28H. The molecule has 0 aliphatic heterocycles. The molecule has 1 unspecified atom stereocenters. The molecule has 1 aromatic heterocycles. The summed E-state index contributed by atoms with van der Waals surface area (Å²) in [6.07, 6.45) is 1.63. The van der Waals surface area contributed by atoms with Crippen molar-refractivity contribution in [3.05, 3.63) is 99.9 Å². The van der Waals surface area contributed by atoms with Gasteiger partial charge in [-0.3, -0.25) is 4.98 Å².